The fraction of sp³-hybridized carbons (Fsp3) is 0.417. The van der Waals surface area contributed by atoms with Gasteiger partial charge in [-0.1, -0.05) is 0 Å². The van der Waals surface area contributed by atoms with Crippen LogP contribution in [-0.2, 0) is 0 Å². The van der Waals surface area contributed by atoms with E-state index in [0.29, 0.717) is 11.5 Å². The van der Waals surface area contributed by atoms with Gasteiger partial charge >= 0.3 is 0 Å². The number of methoxy groups -OCH3 is 2. The molecule has 1 aromatic carbocycles. The van der Waals surface area contributed by atoms with Crippen molar-refractivity contribution in [3.05, 3.63) is 17.7 Å². The number of ether oxygens (including phenoxy) is 2. The summed E-state index contributed by atoms with van der Waals surface area (Å²) in [6.45, 7) is 1.54. The lowest BCUT2D eigenvalue weighted by molar-refractivity contribution is 0.0922. The Kier molecular flexibility index (Phi) is 4.79. The van der Waals surface area contributed by atoms with Gasteiger partial charge in [-0.3, -0.25) is 4.79 Å². The Labute approximate surface area is 106 Å². The zero-order chi connectivity index (χ0) is 13.7. The van der Waals surface area contributed by atoms with Gasteiger partial charge in [0.2, 0.25) is 0 Å². The van der Waals surface area contributed by atoms with Gasteiger partial charge in [0, 0.05) is 12.1 Å². The van der Waals surface area contributed by atoms with Gasteiger partial charge in [-0.25, -0.2) is 0 Å². The number of carbonyl (C=O) groups excluding carboxylic acids is 1. The summed E-state index contributed by atoms with van der Waals surface area (Å²) in [5, 5.41) is 11.5. The number of nitrogen functional groups attached to an aromatic ring is 1. The molecule has 1 amide bonds. The summed E-state index contributed by atoms with van der Waals surface area (Å²) in [6.07, 6.45) is 0. The van der Waals surface area contributed by atoms with Gasteiger partial charge in [-0.15, -0.1) is 0 Å². The highest BCUT2D eigenvalue weighted by molar-refractivity contribution is 6.01. The molecular weight excluding hydrogens is 236 g/mol. The van der Waals surface area contributed by atoms with Crippen LogP contribution in [0.3, 0.4) is 0 Å². The van der Waals surface area contributed by atoms with Crippen molar-refractivity contribution < 1.29 is 19.4 Å². The fourth-order valence-electron chi connectivity index (χ4n) is 1.42. The number of carbonyl (C=O) groups is 1. The van der Waals surface area contributed by atoms with E-state index in [-0.39, 0.29) is 29.8 Å². The van der Waals surface area contributed by atoms with Crippen LogP contribution in [0.25, 0.3) is 0 Å². The minimum Gasteiger partial charge on any atom is -0.497 e. The van der Waals surface area contributed by atoms with E-state index in [1.165, 1.54) is 20.3 Å². The van der Waals surface area contributed by atoms with Crippen LogP contribution in [0.2, 0.25) is 0 Å². The van der Waals surface area contributed by atoms with E-state index in [2.05, 4.69) is 5.32 Å². The zero-order valence-corrected chi connectivity index (χ0v) is 10.7. The Hall–Kier alpha value is -1.95. The number of rotatable bonds is 5. The number of hydrogen-bond donors (Lipinski definition) is 3. The Morgan fingerprint density at radius 2 is 2.11 bits per heavy atom. The van der Waals surface area contributed by atoms with E-state index < -0.39 is 0 Å². The maximum Gasteiger partial charge on any atom is 0.253 e. The maximum absolute atomic E-state index is 12.0. The second-order valence-electron chi connectivity index (χ2n) is 3.85. The number of benzene rings is 1. The molecule has 0 heterocycles. The number of hydrogen-bond acceptors (Lipinski definition) is 5. The standard InChI is InChI=1S/C12H18N2O4/c1-7(6-15)14-12(16)9-4-8(17-2)5-10(18-3)11(9)13/h4-5,7,15H,6,13H2,1-3H3,(H,14,16)/t7-/m1/s1. The molecule has 6 heteroatoms. The molecule has 1 aromatic rings. The topological polar surface area (TPSA) is 93.8 Å². The lowest BCUT2D eigenvalue weighted by Gasteiger charge is -2.15. The molecule has 0 radical (unpaired) electrons. The summed E-state index contributed by atoms with van der Waals surface area (Å²) in [5.41, 5.74) is 6.32. The third-order valence-electron chi connectivity index (χ3n) is 2.47. The van der Waals surface area contributed by atoms with Gasteiger partial charge in [-0.05, 0) is 13.0 Å². The predicted molar refractivity (Wildman–Crippen MR) is 68.0 cm³/mol. The highest BCUT2D eigenvalue weighted by Crippen LogP contribution is 2.30. The van der Waals surface area contributed by atoms with E-state index in [1.807, 2.05) is 0 Å². The number of aliphatic hydroxyl groups excluding tert-OH is 1. The van der Waals surface area contributed by atoms with Gasteiger partial charge in [-0.2, -0.15) is 0 Å². The smallest absolute Gasteiger partial charge is 0.253 e. The molecule has 0 fully saturated rings. The molecule has 0 bridgehead atoms. The SMILES string of the molecule is COc1cc(OC)c(N)c(C(=O)N[C@H](C)CO)c1. The van der Waals surface area contributed by atoms with Crippen molar-refractivity contribution in [1.29, 1.82) is 0 Å². The van der Waals surface area contributed by atoms with Crippen molar-refractivity contribution in [2.24, 2.45) is 0 Å². The first-order valence-electron chi connectivity index (χ1n) is 5.46. The van der Waals surface area contributed by atoms with Crippen molar-refractivity contribution in [2.45, 2.75) is 13.0 Å². The summed E-state index contributed by atoms with van der Waals surface area (Å²) < 4.78 is 10.1. The molecule has 0 saturated carbocycles. The summed E-state index contributed by atoms with van der Waals surface area (Å²) in [5.74, 6) is 0.463. The zero-order valence-electron chi connectivity index (χ0n) is 10.7. The fourth-order valence-corrected chi connectivity index (χ4v) is 1.42. The van der Waals surface area contributed by atoms with Crippen molar-refractivity contribution in [3.8, 4) is 11.5 Å². The van der Waals surface area contributed by atoms with Crippen LogP contribution >= 0.6 is 0 Å². The van der Waals surface area contributed by atoms with Gasteiger partial charge in [0.1, 0.15) is 11.5 Å². The summed E-state index contributed by atoms with van der Waals surface area (Å²) >= 11 is 0. The normalized spacial score (nSPS) is 11.8. The van der Waals surface area contributed by atoms with E-state index in [0.717, 1.165) is 0 Å². The number of amides is 1. The Bertz CT molecular complexity index is 434. The minimum atomic E-state index is -0.383. The van der Waals surface area contributed by atoms with Crippen molar-refractivity contribution in [3.63, 3.8) is 0 Å². The molecule has 100 valence electrons. The van der Waals surface area contributed by atoms with E-state index in [9.17, 15) is 4.79 Å². The molecule has 0 saturated heterocycles. The lowest BCUT2D eigenvalue weighted by atomic mass is 10.1. The maximum atomic E-state index is 12.0. The van der Waals surface area contributed by atoms with Gasteiger partial charge in [0.25, 0.3) is 5.91 Å². The number of nitrogens with one attached hydrogen (secondary N) is 1. The van der Waals surface area contributed by atoms with Crippen molar-refractivity contribution in [2.75, 3.05) is 26.6 Å². The van der Waals surface area contributed by atoms with E-state index in [4.69, 9.17) is 20.3 Å². The quantitative estimate of drug-likeness (QED) is 0.661. The monoisotopic (exact) mass is 254 g/mol. The van der Waals surface area contributed by atoms with Gasteiger partial charge in [0.15, 0.2) is 0 Å². The first-order chi connectivity index (χ1) is 8.53. The van der Waals surface area contributed by atoms with Crippen LogP contribution in [0, 0.1) is 0 Å². The van der Waals surface area contributed by atoms with Crippen molar-refractivity contribution >= 4 is 11.6 Å². The molecule has 6 nitrogen and oxygen atoms in total. The van der Waals surface area contributed by atoms with Gasteiger partial charge in [0.05, 0.1) is 32.1 Å². The average Bonchev–Trinajstić information content (AvgIpc) is 2.38. The van der Waals surface area contributed by atoms with Crippen LogP contribution in [0.1, 0.15) is 17.3 Å². The summed E-state index contributed by atoms with van der Waals surface area (Å²) in [7, 11) is 2.95. The molecular formula is C12H18N2O4. The molecule has 0 unspecified atom stereocenters. The minimum absolute atomic E-state index is 0.146. The molecule has 0 aliphatic heterocycles. The van der Waals surface area contributed by atoms with Crippen molar-refractivity contribution in [1.82, 2.24) is 5.32 Å². The number of nitrogens with two attached hydrogens (primary N) is 1. The molecule has 1 atom stereocenters. The summed E-state index contributed by atoms with van der Waals surface area (Å²) in [4.78, 5) is 12.0. The number of aliphatic hydroxyl groups is 1. The highest BCUT2D eigenvalue weighted by atomic mass is 16.5. The van der Waals surface area contributed by atoms with Crippen LogP contribution in [0.5, 0.6) is 11.5 Å². The molecule has 1 rings (SSSR count). The van der Waals surface area contributed by atoms with E-state index in [1.54, 1.807) is 13.0 Å². The lowest BCUT2D eigenvalue weighted by Crippen LogP contribution is -2.35. The third kappa shape index (κ3) is 3.04. The Morgan fingerprint density at radius 3 is 2.61 bits per heavy atom. The first-order valence-corrected chi connectivity index (χ1v) is 5.46. The molecule has 0 spiro atoms. The largest absolute Gasteiger partial charge is 0.497 e. The van der Waals surface area contributed by atoms with Crippen LogP contribution in [0.15, 0.2) is 12.1 Å². The molecule has 18 heavy (non-hydrogen) atoms. The van der Waals surface area contributed by atoms with Gasteiger partial charge < -0.3 is 25.6 Å². The molecule has 0 aliphatic rings. The molecule has 0 aromatic heterocycles. The first kappa shape index (κ1) is 14.1. The second kappa shape index (κ2) is 6.11. The molecule has 4 N–H and O–H groups in total. The third-order valence-corrected chi connectivity index (χ3v) is 2.47. The van der Waals surface area contributed by atoms with E-state index >= 15 is 0 Å². The summed E-state index contributed by atoms with van der Waals surface area (Å²) in [6, 6.07) is 2.77. The Morgan fingerprint density at radius 1 is 1.44 bits per heavy atom. The van der Waals surface area contributed by atoms with Crippen LogP contribution < -0.4 is 20.5 Å². The Balaban J connectivity index is 3.10. The second-order valence-corrected chi connectivity index (χ2v) is 3.85. The van der Waals surface area contributed by atoms with Crippen LogP contribution in [0.4, 0.5) is 5.69 Å². The predicted octanol–water partition coefficient (Wildman–Crippen LogP) is 0.397. The molecule has 0 aliphatic carbocycles. The number of anilines is 1. The van der Waals surface area contributed by atoms with Crippen LogP contribution in [-0.4, -0.2) is 37.9 Å². The highest BCUT2D eigenvalue weighted by Gasteiger charge is 2.17. The average molecular weight is 254 g/mol.